The molecule has 5 heteroatoms. The van der Waals surface area contributed by atoms with Gasteiger partial charge in [-0.2, -0.15) is 0 Å². The number of nitrogens with zero attached hydrogens (tertiary/aromatic N) is 1. The third kappa shape index (κ3) is 3.96. The Morgan fingerprint density at radius 2 is 1.92 bits per heavy atom. The molecule has 2 N–H and O–H groups in total. The quantitative estimate of drug-likeness (QED) is 0.868. The van der Waals surface area contributed by atoms with Gasteiger partial charge in [-0.15, -0.1) is 0 Å². The molecule has 0 aromatic heterocycles. The van der Waals surface area contributed by atoms with Gasteiger partial charge < -0.3 is 15.3 Å². The molecule has 2 aliphatic rings. The largest absolute Gasteiger partial charge is 0.396 e. The van der Waals surface area contributed by atoms with Gasteiger partial charge in [-0.1, -0.05) is 18.2 Å². The Hall–Kier alpha value is -1.88. The zero-order valence-electron chi connectivity index (χ0n) is 14.0. The van der Waals surface area contributed by atoms with Crippen molar-refractivity contribution >= 4 is 17.5 Å². The van der Waals surface area contributed by atoms with Crippen LogP contribution in [0, 0.1) is 5.92 Å². The summed E-state index contributed by atoms with van der Waals surface area (Å²) in [4.78, 5) is 26.2. The molecule has 0 saturated heterocycles. The second kappa shape index (κ2) is 7.79. The molecule has 1 heterocycles. The van der Waals surface area contributed by atoms with Crippen molar-refractivity contribution in [2.75, 3.05) is 18.1 Å². The Labute approximate surface area is 143 Å². The molecule has 1 aromatic rings. The second-order valence-corrected chi connectivity index (χ2v) is 6.89. The van der Waals surface area contributed by atoms with E-state index in [0.29, 0.717) is 25.3 Å². The maximum Gasteiger partial charge on any atom is 0.227 e. The van der Waals surface area contributed by atoms with E-state index >= 15 is 0 Å². The number of carbonyl (C=O) groups excluding carboxylic acids is 2. The van der Waals surface area contributed by atoms with Crippen molar-refractivity contribution in [3.63, 3.8) is 0 Å². The fourth-order valence-electron chi connectivity index (χ4n) is 3.74. The first-order valence-electron chi connectivity index (χ1n) is 8.96. The van der Waals surface area contributed by atoms with Crippen LogP contribution in [0.15, 0.2) is 24.3 Å². The molecule has 1 saturated carbocycles. The van der Waals surface area contributed by atoms with E-state index < -0.39 is 0 Å². The Bertz CT molecular complexity index is 594. The number of benzene rings is 1. The molecule has 0 bridgehead atoms. The van der Waals surface area contributed by atoms with Crippen LogP contribution in [0.1, 0.15) is 44.1 Å². The second-order valence-electron chi connectivity index (χ2n) is 6.89. The summed E-state index contributed by atoms with van der Waals surface area (Å²) in [5, 5.41) is 12.3. The van der Waals surface area contributed by atoms with E-state index in [1.54, 1.807) is 4.90 Å². The van der Waals surface area contributed by atoms with Gasteiger partial charge in [0.2, 0.25) is 11.8 Å². The van der Waals surface area contributed by atoms with Gasteiger partial charge in [0.1, 0.15) is 0 Å². The predicted molar refractivity (Wildman–Crippen MR) is 92.7 cm³/mol. The van der Waals surface area contributed by atoms with Gasteiger partial charge in [0.15, 0.2) is 0 Å². The number of hydrogen-bond donors (Lipinski definition) is 2. The number of amides is 2. The summed E-state index contributed by atoms with van der Waals surface area (Å²) in [6.45, 7) is 0.685. The number of para-hydroxylation sites is 1. The monoisotopic (exact) mass is 330 g/mol. The van der Waals surface area contributed by atoms with Crippen LogP contribution in [0.4, 0.5) is 5.69 Å². The van der Waals surface area contributed by atoms with Gasteiger partial charge in [0.25, 0.3) is 0 Å². The first-order valence-corrected chi connectivity index (χ1v) is 8.96. The molecule has 5 nitrogen and oxygen atoms in total. The molecule has 0 spiro atoms. The Morgan fingerprint density at radius 3 is 2.67 bits per heavy atom. The summed E-state index contributed by atoms with van der Waals surface area (Å²) in [5.41, 5.74) is 2.13. The predicted octanol–water partition coefficient (Wildman–Crippen LogP) is 2.02. The smallest absolute Gasteiger partial charge is 0.227 e. The molecule has 0 radical (unpaired) electrons. The Morgan fingerprint density at radius 1 is 1.17 bits per heavy atom. The van der Waals surface area contributed by atoms with E-state index in [1.165, 1.54) is 5.56 Å². The van der Waals surface area contributed by atoms with Crippen molar-refractivity contribution in [3.05, 3.63) is 29.8 Å². The molecular weight excluding hydrogens is 304 g/mol. The number of aliphatic hydroxyl groups excluding tert-OH is 1. The first kappa shape index (κ1) is 17.0. The highest BCUT2D eigenvalue weighted by atomic mass is 16.3. The minimum absolute atomic E-state index is 0.0123. The van der Waals surface area contributed by atoms with Crippen molar-refractivity contribution in [2.45, 2.75) is 51.0 Å². The summed E-state index contributed by atoms with van der Waals surface area (Å²) in [6, 6.07) is 8.14. The summed E-state index contributed by atoms with van der Waals surface area (Å²) >= 11 is 0. The molecule has 24 heavy (non-hydrogen) atoms. The summed E-state index contributed by atoms with van der Waals surface area (Å²) in [6.07, 6.45) is 5.44. The van der Waals surface area contributed by atoms with Crippen LogP contribution in [0.5, 0.6) is 0 Å². The van der Waals surface area contributed by atoms with Gasteiger partial charge in [0.05, 0.1) is 0 Å². The van der Waals surface area contributed by atoms with Crippen molar-refractivity contribution in [3.8, 4) is 0 Å². The molecule has 130 valence electrons. The van der Waals surface area contributed by atoms with Crippen LogP contribution in [-0.2, 0) is 16.0 Å². The van der Waals surface area contributed by atoms with Gasteiger partial charge >= 0.3 is 0 Å². The lowest BCUT2D eigenvalue weighted by atomic mass is 9.86. The molecule has 0 unspecified atom stereocenters. The summed E-state index contributed by atoms with van der Waals surface area (Å²) in [5.74, 6) is 0.504. The van der Waals surface area contributed by atoms with Crippen molar-refractivity contribution in [2.24, 2.45) is 5.92 Å². The van der Waals surface area contributed by atoms with Gasteiger partial charge in [-0.05, 0) is 49.7 Å². The van der Waals surface area contributed by atoms with Crippen LogP contribution in [0.2, 0.25) is 0 Å². The maximum absolute atomic E-state index is 12.2. The van der Waals surface area contributed by atoms with Crippen molar-refractivity contribution in [1.29, 1.82) is 0 Å². The van der Waals surface area contributed by atoms with Crippen molar-refractivity contribution in [1.82, 2.24) is 5.32 Å². The van der Waals surface area contributed by atoms with E-state index in [9.17, 15) is 9.59 Å². The lowest BCUT2D eigenvalue weighted by molar-refractivity contribution is -0.122. The number of carbonyl (C=O) groups is 2. The average Bonchev–Trinajstić information content (AvgIpc) is 2.61. The SMILES string of the molecule is O=C(CCN1C(=O)CCc2ccccc21)NC1CCC(CO)CC1. The van der Waals surface area contributed by atoms with E-state index in [-0.39, 0.29) is 24.5 Å². The number of nitrogens with one attached hydrogen (secondary N) is 1. The highest BCUT2D eigenvalue weighted by molar-refractivity contribution is 5.97. The molecule has 2 amide bonds. The van der Waals surface area contributed by atoms with Crippen LogP contribution in [0.3, 0.4) is 0 Å². The van der Waals surface area contributed by atoms with E-state index in [2.05, 4.69) is 11.4 Å². The highest BCUT2D eigenvalue weighted by Gasteiger charge is 2.25. The van der Waals surface area contributed by atoms with E-state index in [0.717, 1.165) is 37.8 Å². The Kier molecular flexibility index (Phi) is 5.51. The van der Waals surface area contributed by atoms with Gasteiger partial charge in [-0.3, -0.25) is 9.59 Å². The van der Waals surface area contributed by atoms with Crippen LogP contribution in [0.25, 0.3) is 0 Å². The zero-order chi connectivity index (χ0) is 16.9. The summed E-state index contributed by atoms with van der Waals surface area (Å²) < 4.78 is 0. The normalized spacial score (nSPS) is 23.7. The van der Waals surface area contributed by atoms with Crippen LogP contribution < -0.4 is 10.2 Å². The molecule has 1 aromatic carbocycles. The number of fused-ring (bicyclic) bond motifs is 1. The standard InChI is InChI=1S/C19H26N2O3/c22-13-14-5-8-16(9-6-14)20-18(23)11-12-21-17-4-2-1-3-15(17)7-10-19(21)24/h1-4,14,16,22H,5-13H2,(H,20,23). The van der Waals surface area contributed by atoms with E-state index in [1.807, 2.05) is 18.2 Å². The number of hydrogen-bond acceptors (Lipinski definition) is 3. The number of anilines is 1. The fraction of sp³-hybridized carbons (Fsp3) is 0.579. The van der Waals surface area contributed by atoms with Gasteiger partial charge in [0, 0.05) is 37.7 Å². The molecule has 3 rings (SSSR count). The highest BCUT2D eigenvalue weighted by Crippen LogP contribution is 2.27. The molecule has 1 fully saturated rings. The first-order chi connectivity index (χ1) is 11.7. The van der Waals surface area contributed by atoms with Crippen LogP contribution >= 0.6 is 0 Å². The maximum atomic E-state index is 12.2. The zero-order valence-corrected chi connectivity index (χ0v) is 14.0. The Balaban J connectivity index is 1.50. The third-order valence-corrected chi connectivity index (χ3v) is 5.22. The van der Waals surface area contributed by atoms with Gasteiger partial charge in [-0.25, -0.2) is 0 Å². The van der Waals surface area contributed by atoms with E-state index in [4.69, 9.17) is 5.11 Å². The molecule has 1 aliphatic heterocycles. The number of aliphatic hydroxyl groups is 1. The number of aryl methyl sites for hydroxylation is 1. The number of rotatable bonds is 5. The summed E-state index contributed by atoms with van der Waals surface area (Å²) in [7, 11) is 0. The molecule has 0 atom stereocenters. The topological polar surface area (TPSA) is 69.6 Å². The van der Waals surface area contributed by atoms with Crippen molar-refractivity contribution < 1.29 is 14.7 Å². The molecule has 1 aliphatic carbocycles. The minimum atomic E-state index is 0.0123. The third-order valence-electron chi connectivity index (χ3n) is 5.22. The molecular formula is C19H26N2O3. The fourth-order valence-corrected chi connectivity index (χ4v) is 3.74. The lowest BCUT2D eigenvalue weighted by Crippen LogP contribution is -2.41. The average molecular weight is 330 g/mol. The minimum Gasteiger partial charge on any atom is -0.396 e. The lowest BCUT2D eigenvalue weighted by Gasteiger charge is -2.30. The van der Waals surface area contributed by atoms with Crippen LogP contribution in [-0.4, -0.2) is 36.1 Å².